The molecule has 1 heterocycles. The number of esters is 1. The molecule has 0 aromatic rings. The van der Waals surface area contributed by atoms with Gasteiger partial charge in [-0.2, -0.15) is 4.94 Å². The van der Waals surface area contributed by atoms with Crippen LogP contribution in [-0.2, 0) is 29.1 Å². The molecule has 8 nitrogen and oxygen atoms in total. The van der Waals surface area contributed by atoms with Gasteiger partial charge in [-0.05, 0) is 24.8 Å². The van der Waals surface area contributed by atoms with Crippen molar-refractivity contribution >= 4 is 21.7 Å². The molecular weight excluding hydrogens is 319 g/mol. The van der Waals surface area contributed by atoms with Gasteiger partial charge in [0.25, 0.3) is 0 Å². The Labute approximate surface area is 128 Å². The van der Waals surface area contributed by atoms with Crippen LogP contribution in [0, 0.1) is 0 Å². The highest BCUT2D eigenvalue weighted by Crippen LogP contribution is 2.26. The first-order valence-electron chi connectivity index (χ1n) is 6.80. The molecular formula is C12H21FN2O6S. The number of ether oxygens (including phenoxy) is 1. The summed E-state index contributed by atoms with van der Waals surface area (Å²) in [5, 5.41) is 0.947. The average molecular weight is 340 g/mol. The van der Waals surface area contributed by atoms with Gasteiger partial charge in [0.05, 0.1) is 24.2 Å². The number of sulfone groups is 1. The maximum Gasteiger partial charge on any atom is 0.328 e. The molecule has 1 rings (SSSR count). The zero-order valence-electron chi connectivity index (χ0n) is 12.7. The second kappa shape index (κ2) is 7.84. The lowest BCUT2D eigenvalue weighted by Crippen LogP contribution is -2.45. The Morgan fingerprint density at radius 3 is 2.55 bits per heavy atom. The highest BCUT2D eigenvalue weighted by Gasteiger charge is 2.45. The molecule has 0 unspecified atom stereocenters. The third-order valence-corrected chi connectivity index (χ3v) is 6.20. The van der Waals surface area contributed by atoms with Crippen molar-refractivity contribution < 1.29 is 32.2 Å². The van der Waals surface area contributed by atoms with Crippen LogP contribution in [0.15, 0.2) is 0 Å². The van der Waals surface area contributed by atoms with Gasteiger partial charge in [-0.1, -0.05) is 0 Å². The third-order valence-electron chi connectivity index (χ3n) is 3.61. The van der Waals surface area contributed by atoms with Gasteiger partial charge in [0.1, 0.15) is 12.8 Å². The van der Waals surface area contributed by atoms with Crippen molar-refractivity contribution in [3.63, 3.8) is 0 Å². The van der Waals surface area contributed by atoms with Crippen LogP contribution in [0.3, 0.4) is 0 Å². The zero-order chi connectivity index (χ0) is 16.9. The Balaban J connectivity index is 2.89. The fourth-order valence-electron chi connectivity index (χ4n) is 2.35. The van der Waals surface area contributed by atoms with E-state index in [-0.39, 0.29) is 19.5 Å². The third kappa shape index (κ3) is 4.14. The van der Waals surface area contributed by atoms with Crippen molar-refractivity contribution in [1.29, 1.82) is 0 Å². The maximum absolute atomic E-state index is 12.2. The quantitative estimate of drug-likeness (QED) is 0.375. The molecule has 2 atom stereocenters. The normalized spacial score (nSPS) is 22.1. The van der Waals surface area contributed by atoms with E-state index in [9.17, 15) is 22.5 Å². The summed E-state index contributed by atoms with van der Waals surface area (Å²) in [6.07, 6.45) is -0.00145. The largest absolute Gasteiger partial charge is 0.467 e. The number of carbonyl (C=O) groups excluding carboxylic acids is 2. The molecule has 1 amide bonds. The molecule has 0 aromatic heterocycles. The summed E-state index contributed by atoms with van der Waals surface area (Å²) < 4.78 is 40.7. The average Bonchev–Trinajstić information content (AvgIpc) is 2.92. The first-order chi connectivity index (χ1) is 10.3. The molecule has 0 aromatic carbocycles. The van der Waals surface area contributed by atoms with Crippen LogP contribution in [-0.4, -0.2) is 68.7 Å². The molecule has 1 aliphatic rings. The van der Waals surface area contributed by atoms with Crippen molar-refractivity contribution in [3.8, 4) is 0 Å². The molecule has 1 N–H and O–H groups in total. The van der Waals surface area contributed by atoms with Crippen LogP contribution < -0.4 is 5.32 Å². The van der Waals surface area contributed by atoms with Crippen LogP contribution >= 0.6 is 0 Å². The first-order valence-corrected chi connectivity index (χ1v) is 8.40. The molecule has 1 aliphatic heterocycles. The monoisotopic (exact) mass is 340 g/mol. The fourth-order valence-corrected chi connectivity index (χ4v) is 3.94. The summed E-state index contributed by atoms with van der Waals surface area (Å²) in [4.78, 5) is 28.3. The smallest absolute Gasteiger partial charge is 0.328 e. The van der Waals surface area contributed by atoms with Gasteiger partial charge in [0.2, 0.25) is 5.91 Å². The van der Waals surface area contributed by atoms with Crippen LogP contribution in [0.25, 0.3) is 0 Å². The summed E-state index contributed by atoms with van der Waals surface area (Å²) in [5.41, 5.74) is 0. The molecule has 0 spiro atoms. The minimum absolute atomic E-state index is 0.00145. The lowest BCUT2D eigenvalue weighted by atomic mass is 10.2. The van der Waals surface area contributed by atoms with E-state index in [4.69, 9.17) is 0 Å². The van der Waals surface area contributed by atoms with E-state index < -0.39 is 45.0 Å². The topological polar surface area (TPSA) is 102 Å². The highest BCUT2D eigenvalue weighted by atomic mass is 32.2. The van der Waals surface area contributed by atoms with Gasteiger partial charge >= 0.3 is 5.97 Å². The van der Waals surface area contributed by atoms with E-state index in [0.717, 1.165) is 4.90 Å². The van der Waals surface area contributed by atoms with Crippen molar-refractivity contribution in [1.82, 2.24) is 10.2 Å². The van der Waals surface area contributed by atoms with E-state index in [2.05, 4.69) is 15.0 Å². The number of halogens is 1. The predicted molar refractivity (Wildman–Crippen MR) is 75.0 cm³/mol. The fraction of sp³-hybridized carbons (Fsp3) is 0.833. The Morgan fingerprint density at radius 2 is 2.05 bits per heavy atom. The van der Waals surface area contributed by atoms with Crippen molar-refractivity contribution in [2.45, 2.75) is 36.8 Å². The number of rotatable bonds is 7. The van der Waals surface area contributed by atoms with Gasteiger partial charge in [0, 0.05) is 6.54 Å². The van der Waals surface area contributed by atoms with Crippen molar-refractivity contribution in [2.24, 2.45) is 0 Å². The molecule has 0 radical (unpaired) electrons. The summed E-state index contributed by atoms with van der Waals surface area (Å²) in [7, 11) is -2.28. The van der Waals surface area contributed by atoms with Gasteiger partial charge in [-0.3, -0.25) is 10.1 Å². The summed E-state index contributed by atoms with van der Waals surface area (Å²) >= 11 is 0. The van der Waals surface area contributed by atoms with E-state index >= 15 is 0 Å². The standard InChI is InChI=1S/C12H21FN2O6S/c1-8(2)22(18,19)9-4-10(12(17)20-3)15(6-9)11(16)5-14-7-21-13/h8-10,14H,4-7H2,1-3H3/t9-,10+/m1/s1. The van der Waals surface area contributed by atoms with Crippen LogP contribution in [0.2, 0.25) is 0 Å². The molecule has 0 saturated carbocycles. The molecule has 0 aliphatic carbocycles. The maximum atomic E-state index is 12.2. The Hall–Kier alpha value is -1.26. The van der Waals surface area contributed by atoms with Gasteiger partial charge in [0.15, 0.2) is 9.84 Å². The van der Waals surface area contributed by atoms with E-state index in [1.54, 1.807) is 13.8 Å². The Kier molecular flexibility index (Phi) is 6.69. The molecule has 1 saturated heterocycles. The van der Waals surface area contributed by atoms with Crippen LogP contribution in [0.5, 0.6) is 0 Å². The first kappa shape index (κ1) is 18.8. The number of nitrogens with one attached hydrogen (secondary N) is 1. The van der Waals surface area contributed by atoms with Crippen LogP contribution in [0.4, 0.5) is 4.53 Å². The van der Waals surface area contributed by atoms with Crippen molar-refractivity contribution in [3.05, 3.63) is 0 Å². The number of amides is 1. The molecule has 22 heavy (non-hydrogen) atoms. The number of methoxy groups -OCH3 is 1. The summed E-state index contributed by atoms with van der Waals surface area (Å²) in [6.45, 7) is 2.26. The SMILES string of the molecule is COC(=O)[C@@H]1C[C@@H](S(=O)(=O)C(C)C)CN1C(=O)CNCOF. The molecule has 10 heteroatoms. The Bertz CT molecular complexity index is 510. The van der Waals surface area contributed by atoms with Gasteiger partial charge in [-0.25, -0.2) is 13.2 Å². The predicted octanol–water partition coefficient (Wildman–Crippen LogP) is -0.600. The van der Waals surface area contributed by atoms with E-state index in [1.807, 2.05) is 0 Å². The lowest BCUT2D eigenvalue weighted by Gasteiger charge is -2.22. The number of carbonyl (C=O) groups is 2. The molecule has 128 valence electrons. The second-order valence-electron chi connectivity index (χ2n) is 5.26. The summed E-state index contributed by atoms with van der Waals surface area (Å²) in [6, 6.07) is -0.955. The lowest BCUT2D eigenvalue weighted by molar-refractivity contribution is -0.152. The highest BCUT2D eigenvalue weighted by molar-refractivity contribution is 7.92. The summed E-state index contributed by atoms with van der Waals surface area (Å²) in [5.74, 6) is -1.19. The van der Waals surface area contributed by atoms with Gasteiger partial charge in [-0.15, -0.1) is 0 Å². The molecule has 1 fully saturated rings. The zero-order valence-corrected chi connectivity index (χ0v) is 13.6. The minimum atomic E-state index is -3.45. The number of nitrogens with zero attached hydrogens (tertiary/aromatic N) is 1. The van der Waals surface area contributed by atoms with Gasteiger partial charge < -0.3 is 9.64 Å². The van der Waals surface area contributed by atoms with Crippen molar-refractivity contribution in [2.75, 3.05) is 26.9 Å². The minimum Gasteiger partial charge on any atom is -0.467 e. The number of hydrogen-bond acceptors (Lipinski definition) is 7. The van der Waals surface area contributed by atoms with E-state index in [0.29, 0.717) is 0 Å². The van der Waals surface area contributed by atoms with Crippen LogP contribution in [0.1, 0.15) is 20.3 Å². The molecule has 0 bridgehead atoms. The number of likely N-dealkylation sites (tertiary alicyclic amines) is 1. The number of hydrogen-bond donors (Lipinski definition) is 1. The van der Waals surface area contributed by atoms with E-state index in [1.165, 1.54) is 7.11 Å². The second-order valence-corrected chi connectivity index (χ2v) is 8.05. The Morgan fingerprint density at radius 1 is 1.41 bits per heavy atom.